The summed E-state index contributed by atoms with van der Waals surface area (Å²) < 4.78 is 0. The number of hydrogen-bond donors (Lipinski definition) is 0. The molecule has 0 aliphatic carbocycles. The molecule has 0 aromatic heterocycles. The monoisotopic (exact) mass is 308 g/mol. The molecule has 2 heterocycles. The summed E-state index contributed by atoms with van der Waals surface area (Å²) in [7, 11) is 8.94. The summed E-state index contributed by atoms with van der Waals surface area (Å²) >= 11 is 0. The number of rotatable bonds is 5. The minimum Gasteiger partial charge on any atom is -0.260 e. The van der Waals surface area contributed by atoms with Crippen molar-refractivity contribution in [3.63, 3.8) is 0 Å². The van der Waals surface area contributed by atoms with Gasteiger partial charge < -0.3 is 0 Å². The van der Waals surface area contributed by atoms with Crippen LogP contribution in [0.4, 0.5) is 0 Å². The van der Waals surface area contributed by atoms with Crippen LogP contribution in [-0.4, -0.2) is 35.3 Å². The van der Waals surface area contributed by atoms with Gasteiger partial charge in [0.1, 0.15) is 13.3 Å². The van der Waals surface area contributed by atoms with Crippen LogP contribution in [0.15, 0.2) is 44.2 Å². The largest absolute Gasteiger partial charge is 0.260 e. The fourth-order valence-electron chi connectivity index (χ4n) is 3.36. The third kappa shape index (κ3) is 2.52. The second-order valence-corrected chi connectivity index (χ2v) is 5.90. The Morgan fingerprint density at radius 1 is 0.833 bits per heavy atom. The van der Waals surface area contributed by atoms with Gasteiger partial charge in [0.05, 0.1) is 28.6 Å². The van der Waals surface area contributed by atoms with Crippen LogP contribution < -0.4 is 26.9 Å². The van der Waals surface area contributed by atoms with Gasteiger partial charge in [0.2, 0.25) is 0 Å². The zero-order valence-corrected chi connectivity index (χ0v) is 13.7. The lowest BCUT2D eigenvalue weighted by Crippen LogP contribution is -2.44. The summed E-state index contributed by atoms with van der Waals surface area (Å²) in [6, 6.07) is 8.52. The molecular formula is C17H15B3N4. The SMILES string of the molecule is [B][B][B]c1ccc(Cc2ccc(CC)c3c2=NCN=3)c2c1=NCN=2. The summed E-state index contributed by atoms with van der Waals surface area (Å²) in [5, 5.41) is 4.03. The lowest BCUT2D eigenvalue weighted by molar-refractivity contribution is 1.03. The van der Waals surface area contributed by atoms with Crippen LogP contribution >= 0.6 is 0 Å². The van der Waals surface area contributed by atoms with Gasteiger partial charge in [0.25, 0.3) is 0 Å². The third-order valence-electron chi connectivity index (χ3n) is 4.54. The molecule has 0 N–H and O–H groups in total. The molecule has 0 unspecified atom stereocenters. The smallest absolute Gasteiger partial charge is 0.130 e. The Hall–Kier alpha value is -2.17. The summed E-state index contributed by atoms with van der Waals surface area (Å²) in [5.74, 6) is 0. The van der Waals surface area contributed by atoms with Crippen molar-refractivity contribution in [1.29, 1.82) is 0 Å². The van der Waals surface area contributed by atoms with Gasteiger partial charge in [-0.05, 0) is 23.1 Å². The van der Waals surface area contributed by atoms with Crippen molar-refractivity contribution in [2.24, 2.45) is 20.0 Å². The zero-order chi connectivity index (χ0) is 16.5. The first-order valence-electron chi connectivity index (χ1n) is 8.20. The highest BCUT2D eigenvalue weighted by atomic mass is 15.0. The van der Waals surface area contributed by atoms with Crippen molar-refractivity contribution < 1.29 is 0 Å². The predicted octanol–water partition coefficient (Wildman–Crippen LogP) is -1.71. The molecule has 2 aliphatic heterocycles. The number of benzene rings is 2. The molecule has 0 saturated carbocycles. The van der Waals surface area contributed by atoms with Crippen molar-refractivity contribution in [2.75, 3.05) is 13.3 Å². The minimum absolute atomic E-state index is 0.490. The van der Waals surface area contributed by atoms with Gasteiger partial charge in [-0.3, -0.25) is 20.0 Å². The third-order valence-corrected chi connectivity index (χ3v) is 4.54. The first-order valence-corrected chi connectivity index (χ1v) is 8.20. The van der Waals surface area contributed by atoms with E-state index >= 15 is 0 Å². The Balaban J connectivity index is 1.80. The van der Waals surface area contributed by atoms with E-state index in [1.165, 1.54) is 16.7 Å². The first kappa shape index (κ1) is 15.4. The molecule has 0 fully saturated rings. The van der Waals surface area contributed by atoms with Crippen LogP contribution in [0.25, 0.3) is 0 Å². The number of aryl methyl sites for hydroxylation is 1. The van der Waals surface area contributed by atoms with Crippen LogP contribution in [0.5, 0.6) is 0 Å². The highest BCUT2D eigenvalue weighted by Crippen LogP contribution is 2.03. The van der Waals surface area contributed by atoms with E-state index in [0.29, 0.717) is 13.3 Å². The average Bonchev–Trinajstić information content (AvgIpc) is 3.26. The standard InChI is InChI=1S/C17H15B3N4/c1-2-10-3-4-11(15-14(10)21-8-22-15)7-12-5-6-13(19-20-18)17-16(12)23-9-24-17/h3-6H,2,7-9H2,1H3. The van der Waals surface area contributed by atoms with Crippen LogP contribution in [0.1, 0.15) is 23.6 Å². The maximum Gasteiger partial charge on any atom is 0.130 e. The molecule has 4 radical (unpaired) electrons. The molecule has 4 rings (SSSR count). The minimum atomic E-state index is 0.490. The van der Waals surface area contributed by atoms with Crippen molar-refractivity contribution in [3.8, 4) is 0 Å². The van der Waals surface area contributed by atoms with Gasteiger partial charge >= 0.3 is 0 Å². The van der Waals surface area contributed by atoms with Crippen molar-refractivity contribution in [2.45, 2.75) is 19.8 Å². The molecular weight excluding hydrogens is 293 g/mol. The Morgan fingerprint density at radius 3 is 2.04 bits per heavy atom. The lowest BCUT2D eigenvalue weighted by atomic mass is 9.26. The summed E-state index contributed by atoms with van der Waals surface area (Å²) in [5.41, 5.74) is 4.66. The molecule has 0 atom stereocenters. The van der Waals surface area contributed by atoms with E-state index in [9.17, 15) is 0 Å². The number of nitrogens with zero attached hydrogens (tertiary/aromatic N) is 4. The van der Waals surface area contributed by atoms with E-state index in [2.05, 4.69) is 51.2 Å². The maximum absolute atomic E-state index is 5.53. The normalized spacial score (nSPS) is 13.9. The molecule has 2 aromatic carbocycles. The Bertz CT molecular complexity index is 1050. The van der Waals surface area contributed by atoms with Gasteiger partial charge in [-0.25, -0.2) is 0 Å². The second-order valence-electron chi connectivity index (χ2n) is 5.90. The molecule has 2 aliphatic rings. The first-order chi connectivity index (χ1) is 11.8. The average molecular weight is 308 g/mol. The Kier molecular flexibility index (Phi) is 4.09. The number of hydrogen-bond acceptors (Lipinski definition) is 4. The van der Waals surface area contributed by atoms with Gasteiger partial charge in [-0.15, -0.1) is 0 Å². The highest BCUT2D eigenvalue weighted by molar-refractivity contribution is 7.27. The topological polar surface area (TPSA) is 49.4 Å². The van der Waals surface area contributed by atoms with Gasteiger partial charge in [0.15, 0.2) is 0 Å². The van der Waals surface area contributed by atoms with Crippen LogP contribution in [0, 0.1) is 0 Å². The van der Waals surface area contributed by atoms with E-state index in [4.69, 9.17) is 7.74 Å². The van der Waals surface area contributed by atoms with Gasteiger partial charge in [-0.1, -0.05) is 36.7 Å². The van der Waals surface area contributed by atoms with Gasteiger partial charge in [0, 0.05) is 21.2 Å². The molecule has 0 bridgehead atoms. The Morgan fingerprint density at radius 2 is 1.38 bits per heavy atom. The van der Waals surface area contributed by atoms with E-state index in [0.717, 1.165) is 39.7 Å². The fourth-order valence-corrected chi connectivity index (χ4v) is 3.36. The molecule has 0 saturated heterocycles. The van der Waals surface area contributed by atoms with Gasteiger partial charge in [-0.2, -0.15) is 0 Å². The predicted molar refractivity (Wildman–Crippen MR) is 96.3 cm³/mol. The van der Waals surface area contributed by atoms with E-state index in [1.54, 1.807) is 7.06 Å². The van der Waals surface area contributed by atoms with Crippen molar-refractivity contribution in [1.82, 2.24) is 0 Å². The molecule has 4 nitrogen and oxygen atoms in total. The number of fused-ring (bicyclic) bond motifs is 2. The molecule has 7 heteroatoms. The quantitative estimate of drug-likeness (QED) is 0.591. The maximum atomic E-state index is 5.53. The van der Waals surface area contributed by atoms with Crippen LogP contribution in [-0.2, 0) is 12.8 Å². The van der Waals surface area contributed by atoms with Crippen molar-refractivity contribution in [3.05, 3.63) is 62.4 Å². The molecule has 0 spiro atoms. The highest BCUT2D eigenvalue weighted by Gasteiger charge is 2.12. The van der Waals surface area contributed by atoms with Crippen molar-refractivity contribution >= 4 is 27.4 Å². The summed E-state index contributed by atoms with van der Waals surface area (Å²) in [6.45, 7) is 3.18. The molecule has 24 heavy (non-hydrogen) atoms. The van der Waals surface area contributed by atoms with E-state index in [1.807, 2.05) is 7.17 Å². The fraction of sp³-hybridized carbons (Fsp3) is 0.294. The summed E-state index contributed by atoms with van der Waals surface area (Å²) in [4.78, 5) is 18.2. The van der Waals surface area contributed by atoms with Crippen LogP contribution in [0.3, 0.4) is 0 Å². The van der Waals surface area contributed by atoms with Crippen LogP contribution in [0.2, 0.25) is 0 Å². The second kappa shape index (κ2) is 6.38. The molecule has 0 amide bonds. The van der Waals surface area contributed by atoms with E-state index in [-0.39, 0.29) is 0 Å². The van der Waals surface area contributed by atoms with E-state index < -0.39 is 0 Å². The summed E-state index contributed by atoms with van der Waals surface area (Å²) in [6.07, 6.45) is 1.77. The zero-order valence-electron chi connectivity index (χ0n) is 13.7. The Labute approximate surface area is 143 Å². The molecule has 2 aromatic rings. The lowest BCUT2D eigenvalue weighted by Gasteiger charge is -2.06. The molecule has 112 valence electrons.